The summed E-state index contributed by atoms with van der Waals surface area (Å²) in [5.41, 5.74) is 9.94. The molecule has 1 aromatic heterocycles. The fourth-order valence-corrected chi connectivity index (χ4v) is 8.30. The summed E-state index contributed by atoms with van der Waals surface area (Å²) in [5.74, 6) is -0.0311. The van der Waals surface area contributed by atoms with E-state index in [1.165, 1.54) is 5.56 Å². The molecule has 4 heterocycles. The van der Waals surface area contributed by atoms with Gasteiger partial charge in [0.2, 0.25) is 0 Å². The summed E-state index contributed by atoms with van der Waals surface area (Å²) in [6.07, 6.45) is 4.16. The van der Waals surface area contributed by atoms with E-state index in [2.05, 4.69) is 35.8 Å². The molecule has 5 aromatic rings. The number of phenols is 1. The van der Waals surface area contributed by atoms with E-state index < -0.39 is 0 Å². The number of phenolic OH excluding ortho intramolecular Hbond substituents is 1. The predicted molar refractivity (Wildman–Crippen MR) is 207 cm³/mol. The number of para-hydroxylation sites is 1. The average molecular weight is 708 g/mol. The molecule has 3 aliphatic heterocycles. The van der Waals surface area contributed by atoms with Crippen LogP contribution < -0.4 is 9.80 Å². The molecule has 0 unspecified atom stereocenters. The number of urea groups is 1. The first-order valence-corrected chi connectivity index (χ1v) is 18.6. The lowest BCUT2D eigenvalue weighted by Crippen LogP contribution is -2.44. The second kappa shape index (κ2) is 14.0. The molecule has 1 N–H and O–H groups in total. The fraction of sp³-hybridized carbons (Fsp3) is 0.295. The monoisotopic (exact) mass is 707 g/mol. The molecule has 0 spiro atoms. The highest BCUT2D eigenvalue weighted by molar-refractivity contribution is 6.08. The Morgan fingerprint density at radius 1 is 0.698 bits per heavy atom. The molecule has 9 heteroatoms. The zero-order valence-electron chi connectivity index (χ0n) is 30.6. The van der Waals surface area contributed by atoms with Crippen molar-refractivity contribution < 1.29 is 19.5 Å². The molecule has 1 atom stereocenters. The Balaban J connectivity index is 1.21. The summed E-state index contributed by atoms with van der Waals surface area (Å²) in [6.45, 7) is 4.35. The zero-order valence-corrected chi connectivity index (χ0v) is 30.6. The van der Waals surface area contributed by atoms with Crippen molar-refractivity contribution in [2.24, 2.45) is 0 Å². The van der Waals surface area contributed by atoms with Gasteiger partial charge in [-0.05, 0) is 116 Å². The average Bonchev–Trinajstić information content (AvgIpc) is 3.58. The van der Waals surface area contributed by atoms with Crippen LogP contribution in [0.5, 0.6) is 5.75 Å². The Morgan fingerprint density at radius 2 is 1.42 bits per heavy atom. The van der Waals surface area contributed by atoms with Gasteiger partial charge in [-0.3, -0.25) is 14.5 Å². The van der Waals surface area contributed by atoms with Gasteiger partial charge in [-0.15, -0.1) is 0 Å². The molecule has 53 heavy (non-hydrogen) atoms. The summed E-state index contributed by atoms with van der Waals surface area (Å²) in [7, 11) is 3.56. The van der Waals surface area contributed by atoms with E-state index >= 15 is 0 Å². The molecule has 0 saturated heterocycles. The number of aromatic hydroxyl groups is 1. The third kappa shape index (κ3) is 6.34. The molecule has 0 aliphatic carbocycles. The van der Waals surface area contributed by atoms with Crippen LogP contribution >= 0.6 is 0 Å². The maximum atomic E-state index is 15.0. The van der Waals surface area contributed by atoms with Gasteiger partial charge in [0.1, 0.15) is 5.75 Å². The number of hydrogen-bond donors (Lipinski definition) is 1. The second-order valence-corrected chi connectivity index (χ2v) is 14.6. The van der Waals surface area contributed by atoms with E-state index in [9.17, 15) is 19.5 Å². The first-order chi connectivity index (χ1) is 25.7. The number of amides is 4. The van der Waals surface area contributed by atoms with Gasteiger partial charge in [-0.1, -0.05) is 42.5 Å². The number of carbonyl (C=O) groups excluding carboxylic acids is 3. The van der Waals surface area contributed by atoms with E-state index in [0.29, 0.717) is 42.9 Å². The van der Waals surface area contributed by atoms with Crippen molar-refractivity contribution in [3.63, 3.8) is 0 Å². The number of anilines is 2. The van der Waals surface area contributed by atoms with Gasteiger partial charge in [0.25, 0.3) is 11.8 Å². The van der Waals surface area contributed by atoms with Crippen LogP contribution in [0.15, 0.2) is 97.1 Å². The van der Waals surface area contributed by atoms with E-state index in [1.807, 2.05) is 58.3 Å². The predicted octanol–water partition coefficient (Wildman–Crippen LogP) is 7.68. The van der Waals surface area contributed by atoms with Crippen molar-refractivity contribution in [1.29, 1.82) is 0 Å². The molecule has 3 aliphatic rings. The largest absolute Gasteiger partial charge is 0.508 e. The molecule has 4 amide bonds. The molecule has 4 aromatic carbocycles. The van der Waals surface area contributed by atoms with Gasteiger partial charge in [0, 0.05) is 80.2 Å². The van der Waals surface area contributed by atoms with Crippen molar-refractivity contribution in [2.45, 2.75) is 64.7 Å². The molecule has 8 rings (SSSR count). The first-order valence-electron chi connectivity index (χ1n) is 18.6. The van der Waals surface area contributed by atoms with Gasteiger partial charge < -0.3 is 24.4 Å². The van der Waals surface area contributed by atoms with Crippen LogP contribution in [0.4, 0.5) is 16.2 Å². The summed E-state index contributed by atoms with van der Waals surface area (Å²) < 4.78 is 2.25. The van der Waals surface area contributed by atoms with Crippen molar-refractivity contribution in [1.82, 2.24) is 14.4 Å². The van der Waals surface area contributed by atoms with Crippen LogP contribution in [0.3, 0.4) is 0 Å². The van der Waals surface area contributed by atoms with Crippen molar-refractivity contribution in [3.8, 4) is 17.0 Å². The van der Waals surface area contributed by atoms with Gasteiger partial charge in [-0.25, -0.2) is 4.79 Å². The highest BCUT2D eigenvalue weighted by Gasteiger charge is 2.34. The summed E-state index contributed by atoms with van der Waals surface area (Å²) >= 11 is 0. The lowest BCUT2D eigenvalue weighted by Gasteiger charge is -2.36. The number of hydrogen-bond acceptors (Lipinski definition) is 4. The normalized spacial score (nSPS) is 16.3. The molecule has 0 radical (unpaired) electrons. The minimum absolute atomic E-state index is 0.00351. The van der Waals surface area contributed by atoms with Crippen LogP contribution in [0.1, 0.15) is 68.4 Å². The first kappa shape index (κ1) is 34.3. The number of aromatic nitrogens is 1. The number of rotatable bonds is 5. The van der Waals surface area contributed by atoms with E-state index in [-0.39, 0.29) is 29.6 Å². The van der Waals surface area contributed by atoms with Crippen LogP contribution in [-0.2, 0) is 38.9 Å². The minimum atomic E-state index is -0.128. The third-order valence-electron chi connectivity index (χ3n) is 11.4. The highest BCUT2D eigenvalue weighted by atomic mass is 16.3. The maximum absolute atomic E-state index is 15.0. The molecule has 0 fully saturated rings. The van der Waals surface area contributed by atoms with E-state index in [1.54, 1.807) is 48.2 Å². The Labute approximate surface area is 310 Å². The Hall–Kier alpha value is -5.83. The number of benzene rings is 4. The summed E-state index contributed by atoms with van der Waals surface area (Å²) in [5, 5.41) is 9.85. The Morgan fingerprint density at radius 3 is 2.19 bits per heavy atom. The Kier molecular flexibility index (Phi) is 9.02. The van der Waals surface area contributed by atoms with Crippen molar-refractivity contribution >= 4 is 29.2 Å². The van der Waals surface area contributed by atoms with Crippen molar-refractivity contribution in [3.05, 3.63) is 136 Å². The molecule has 9 nitrogen and oxygen atoms in total. The SMILES string of the molecule is C[C@@H]1Cc2ccccc2CN1C(=O)c1cc2c(cc1-c1cc(C(=O)N(C)c3ccc(O)cc3)c3n1CCCC3)CCN(C(=O)N(C)c1ccccc1)C2. The smallest absolute Gasteiger partial charge is 0.324 e. The van der Waals surface area contributed by atoms with Gasteiger partial charge in [-0.2, -0.15) is 0 Å². The van der Waals surface area contributed by atoms with Gasteiger partial charge in [0.15, 0.2) is 0 Å². The lowest BCUT2D eigenvalue weighted by molar-refractivity contribution is 0.0658. The lowest BCUT2D eigenvalue weighted by atomic mass is 9.89. The molecule has 0 saturated carbocycles. The van der Waals surface area contributed by atoms with Crippen LogP contribution in [0, 0.1) is 0 Å². The van der Waals surface area contributed by atoms with E-state index in [4.69, 9.17) is 0 Å². The topological polar surface area (TPSA) is 89.3 Å². The quantitative estimate of drug-likeness (QED) is 0.203. The summed E-state index contributed by atoms with van der Waals surface area (Å²) in [6, 6.07) is 30.7. The zero-order chi connectivity index (χ0) is 36.8. The third-order valence-corrected chi connectivity index (χ3v) is 11.4. The number of fused-ring (bicyclic) bond motifs is 3. The number of nitrogens with zero attached hydrogens (tertiary/aromatic N) is 5. The van der Waals surface area contributed by atoms with Crippen LogP contribution in [-0.4, -0.2) is 64.0 Å². The second-order valence-electron chi connectivity index (χ2n) is 14.6. The van der Waals surface area contributed by atoms with Gasteiger partial charge in [0.05, 0.1) is 5.56 Å². The maximum Gasteiger partial charge on any atom is 0.324 e. The molecule has 270 valence electrons. The van der Waals surface area contributed by atoms with Gasteiger partial charge >= 0.3 is 6.03 Å². The van der Waals surface area contributed by atoms with Crippen LogP contribution in [0.25, 0.3) is 11.3 Å². The van der Waals surface area contributed by atoms with Crippen molar-refractivity contribution in [2.75, 3.05) is 30.4 Å². The molecule has 0 bridgehead atoms. The highest BCUT2D eigenvalue weighted by Crippen LogP contribution is 2.38. The van der Waals surface area contributed by atoms with Crippen LogP contribution in [0.2, 0.25) is 0 Å². The van der Waals surface area contributed by atoms with E-state index in [0.717, 1.165) is 71.6 Å². The fourth-order valence-electron chi connectivity index (χ4n) is 8.30. The molecular weight excluding hydrogens is 663 g/mol. The standard InChI is InChI=1S/C44H45N5O4/c1-29-23-30-11-7-8-12-32(30)28-49(29)43(52)38-25-33-27-47(44(53)46(3)34-13-5-4-6-14-34)22-20-31(33)24-37(38)41-26-39(40-15-9-10-21-48(40)41)42(51)45(2)35-16-18-36(50)19-17-35/h4-8,11-14,16-19,24-26,29,50H,9-10,15,20-23,27-28H2,1-3H3/t29-/m1/s1. The Bertz CT molecular complexity index is 2210. The molecular formula is C44H45N5O4. The summed E-state index contributed by atoms with van der Waals surface area (Å²) in [4.78, 5) is 50.1. The minimum Gasteiger partial charge on any atom is -0.508 e. The number of carbonyl (C=O) groups is 3.